The van der Waals surface area contributed by atoms with Crippen molar-refractivity contribution in [2.24, 2.45) is 4.99 Å². The summed E-state index contributed by atoms with van der Waals surface area (Å²) in [4.78, 5) is 15.1. The lowest BCUT2D eigenvalue weighted by atomic mass is 10.3. The summed E-state index contributed by atoms with van der Waals surface area (Å²) >= 11 is 0. The lowest BCUT2D eigenvalue weighted by molar-refractivity contribution is -0.684. The Morgan fingerprint density at radius 3 is 3.08 bits per heavy atom. The number of rotatable bonds is 1. The average molecular weight is 161 g/mol. The zero-order valence-corrected chi connectivity index (χ0v) is 6.60. The molecule has 0 N–H and O–H groups in total. The van der Waals surface area contributed by atoms with Crippen LogP contribution < -0.4 is 0 Å². The van der Waals surface area contributed by atoms with Crippen LogP contribution in [-0.2, 0) is 4.79 Å². The van der Waals surface area contributed by atoms with Gasteiger partial charge in [0.25, 0.3) is 0 Å². The molecule has 2 aliphatic rings. The van der Waals surface area contributed by atoms with Crippen molar-refractivity contribution < 1.29 is 9.28 Å². The summed E-state index contributed by atoms with van der Waals surface area (Å²) in [7, 11) is 0. The van der Waals surface area contributed by atoms with Crippen LogP contribution >= 0.6 is 0 Å². The van der Waals surface area contributed by atoms with Gasteiger partial charge in [0.15, 0.2) is 0 Å². The van der Waals surface area contributed by atoms with Gasteiger partial charge in [0, 0.05) is 6.08 Å². The van der Waals surface area contributed by atoms with E-state index in [4.69, 9.17) is 0 Å². The second kappa shape index (κ2) is 2.25. The molecule has 0 aliphatic carbocycles. The average Bonchev–Trinajstić information content (AvgIpc) is 2.41. The fraction of sp³-hybridized carbons (Fsp3) is 0.111. The van der Waals surface area contributed by atoms with Gasteiger partial charge in [-0.15, -0.1) is 0 Å². The Bertz CT molecular complexity index is 338. The summed E-state index contributed by atoms with van der Waals surface area (Å²) in [6, 6.07) is 0. The van der Waals surface area contributed by atoms with E-state index in [9.17, 15) is 4.79 Å². The number of carbonyl (C=O) groups excluding carboxylic acids is 1. The van der Waals surface area contributed by atoms with Crippen LogP contribution in [0, 0.1) is 0 Å². The van der Waals surface area contributed by atoms with Crippen LogP contribution in [0.15, 0.2) is 41.7 Å². The molecule has 0 aromatic heterocycles. The Hall–Kier alpha value is -1.48. The lowest BCUT2D eigenvalue weighted by Gasteiger charge is -2.21. The molecule has 0 fully saturated rings. The van der Waals surface area contributed by atoms with E-state index in [0.717, 1.165) is 17.9 Å². The molecule has 1 atom stereocenters. The third-order valence-electron chi connectivity index (χ3n) is 2.04. The molecule has 1 unspecified atom stereocenters. The van der Waals surface area contributed by atoms with Gasteiger partial charge in [-0.05, 0) is 12.2 Å². The maximum absolute atomic E-state index is 10.9. The van der Waals surface area contributed by atoms with Crippen molar-refractivity contribution in [2.45, 2.75) is 0 Å². The number of amidine groups is 1. The molecule has 1 amide bonds. The van der Waals surface area contributed by atoms with E-state index in [1.165, 1.54) is 0 Å². The number of allylic oxidation sites excluding steroid dienone is 2. The first-order valence-electron chi connectivity index (χ1n) is 3.73. The largest absolute Gasteiger partial charge is 0.312 e. The van der Waals surface area contributed by atoms with E-state index in [1.54, 1.807) is 0 Å². The van der Waals surface area contributed by atoms with Gasteiger partial charge in [0.05, 0.1) is 5.70 Å². The highest BCUT2D eigenvalue weighted by molar-refractivity contribution is 5.94. The fourth-order valence-electron chi connectivity index (χ4n) is 1.45. The quantitative estimate of drug-likeness (QED) is 0.416. The van der Waals surface area contributed by atoms with Gasteiger partial charge in [-0.3, -0.25) is 0 Å². The van der Waals surface area contributed by atoms with Crippen molar-refractivity contribution in [1.29, 1.82) is 0 Å². The number of hydrogen-bond acceptors (Lipinski definition) is 2. The third kappa shape index (κ3) is 0.801. The maximum Gasteiger partial charge on any atom is 0.312 e. The van der Waals surface area contributed by atoms with Gasteiger partial charge in [-0.2, -0.15) is 9.48 Å². The van der Waals surface area contributed by atoms with Gasteiger partial charge in [0.1, 0.15) is 12.7 Å². The maximum atomic E-state index is 10.9. The summed E-state index contributed by atoms with van der Waals surface area (Å²) in [5.41, 5.74) is 0.758. The molecule has 0 saturated heterocycles. The van der Waals surface area contributed by atoms with Crippen LogP contribution in [-0.4, -0.2) is 23.3 Å². The number of amides is 1. The second-order valence-electron chi connectivity index (χ2n) is 2.93. The Morgan fingerprint density at radius 2 is 2.42 bits per heavy atom. The highest BCUT2D eigenvalue weighted by Gasteiger charge is 2.38. The van der Waals surface area contributed by atoms with Crippen LogP contribution in [0.3, 0.4) is 0 Å². The van der Waals surface area contributed by atoms with Crippen molar-refractivity contribution in [2.75, 3.05) is 6.54 Å². The molecule has 3 nitrogen and oxygen atoms in total. The molecule has 2 aliphatic heterocycles. The number of hydrogen-bond donors (Lipinski definition) is 0. The standard InChI is InChI=1S/C9H9N2O/c1-8-6-11(7-12)5-3-2-4-9(11)10-8/h2-5,7H,1,6H2/q+1. The first-order chi connectivity index (χ1) is 5.77. The molecular weight excluding hydrogens is 152 g/mol. The van der Waals surface area contributed by atoms with Crippen LogP contribution in [0.1, 0.15) is 0 Å². The molecule has 2 rings (SSSR count). The van der Waals surface area contributed by atoms with Crippen molar-refractivity contribution in [1.82, 2.24) is 0 Å². The molecule has 0 spiro atoms. The minimum atomic E-state index is 0.176. The van der Waals surface area contributed by atoms with Crippen molar-refractivity contribution in [3.63, 3.8) is 0 Å². The van der Waals surface area contributed by atoms with Crippen molar-refractivity contribution in [3.05, 3.63) is 36.7 Å². The zero-order valence-electron chi connectivity index (χ0n) is 6.60. The van der Waals surface area contributed by atoms with E-state index in [2.05, 4.69) is 11.6 Å². The van der Waals surface area contributed by atoms with Gasteiger partial charge in [-0.1, -0.05) is 6.58 Å². The SMILES string of the molecule is C=C1C[N+]2(C=O)C=CC=CC2=N1. The van der Waals surface area contributed by atoms with Gasteiger partial charge in [0.2, 0.25) is 5.84 Å². The van der Waals surface area contributed by atoms with Gasteiger partial charge >= 0.3 is 6.41 Å². The molecular formula is C9H9N2O+. The van der Waals surface area contributed by atoms with E-state index in [-0.39, 0.29) is 4.48 Å². The Kier molecular flexibility index (Phi) is 1.35. The summed E-state index contributed by atoms with van der Waals surface area (Å²) in [6.45, 7) is 4.31. The molecule has 0 radical (unpaired) electrons. The summed E-state index contributed by atoms with van der Waals surface area (Å²) in [5.74, 6) is 0.762. The zero-order chi connectivity index (χ0) is 8.60. The molecule has 2 heterocycles. The molecule has 3 heteroatoms. The van der Waals surface area contributed by atoms with Crippen LogP contribution in [0.5, 0.6) is 0 Å². The van der Waals surface area contributed by atoms with E-state index < -0.39 is 0 Å². The molecule has 0 aromatic carbocycles. The van der Waals surface area contributed by atoms with Crippen molar-refractivity contribution >= 4 is 12.2 Å². The third-order valence-corrected chi connectivity index (χ3v) is 2.04. The fourth-order valence-corrected chi connectivity index (χ4v) is 1.45. The van der Waals surface area contributed by atoms with Gasteiger partial charge in [-0.25, -0.2) is 4.79 Å². The van der Waals surface area contributed by atoms with Crippen LogP contribution in [0.2, 0.25) is 0 Å². The number of quaternary nitrogens is 1. The number of nitrogens with zero attached hydrogens (tertiary/aromatic N) is 2. The molecule has 12 heavy (non-hydrogen) atoms. The minimum Gasteiger partial charge on any atom is -0.233 e. The first-order valence-corrected chi connectivity index (χ1v) is 3.73. The summed E-state index contributed by atoms with van der Waals surface area (Å²) < 4.78 is 0.176. The van der Waals surface area contributed by atoms with Gasteiger partial charge < -0.3 is 0 Å². The topological polar surface area (TPSA) is 29.4 Å². The Balaban J connectivity index is 2.52. The first kappa shape index (κ1) is 7.18. The van der Waals surface area contributed by atoms with Crippen LogP contribution in [0.25, 0.3) is 0 Å². The predicted octanol–water partition coefficient (Wildman–Crippen LogP) is 0.969. The summed E-state index contributed by atoms with van der Waals surface area (Å²) in [6.07, 6.45) is 8.27. The van der Waals surface area contributed by atoms with E-state index in [0.29, 0.717) is 6.54 Å². The Labute approximate surface area is 70.6 Å². The molecule has 60 valence electrons. The van der Waals surface area contributed by atoms with E-state index >= 15 is 0 Å². The van der Waals surface area contributed by atoms with Crippen LogP contribution in [0.4, 0.5) is 0 Å². The Morgan fingerprint density at radius 1 is 1.58 bits per heavy atom. The van der Waals surface area contributed by atoms with E-state index in [1.807, 2.05) is 24.4 Å². The predicted molar refractivity (Wildman–Crippen MR) is 46.0 cm³/mol. The number of carbonyl (C=O) groups is 1. The smallest absolute Gasteiger partial charge is 0.233 e. The minimum absolute atomic E-state index is 0.176. The number of fused-ring (bicyclic) bond motifs is 1. The lowest BCUT2D eigenvalue weighted by Crippen LogP contribution is -2.44. The molecule has 0 bridgehead atoms. The highest BCUT2D eigenvalue weighted by Crippen LogP contribution is 2.23. The highest BCUT2D eigenvalue weighted by atomic mass is 16.1. The summed E-state index contributed by atoms with van der Waals surface area (Å²) in [5, 5.41) is 0. The van der Waals surface area contributed by atoms with Crippen molar-refractivity contribution in [3.8, 4) is 0 Å². The normalized spacial score (nSPS) is 31.7. The monoisotopic (exact) mass is 161 g/mol. The molecule has 0 saturated carbocycles. The molecule has 0 aromatic rings. The second-order valence-corrected chi connectivity index (χ2v) is 2.93. The number of aliphatic imine (C=N–C) groups is 1.